The Hall–Kier alpha value is -0.870. The average molecular weight is 225 g/mol. The minimum absolute atomic E-state index is 0.446. The molecule has 0 atom stereocenters. The Labute approximate surface area is 93.3 Å². The van der Waals surface area contributed by atoms with Gasteiger partial charge in [0.15, 0.2) is 0 Å². The standard InChI is InChI=1S/C11H15NO2S/c13-11(14)10-5-4-9(15-10)8-12-6-2-1-3-7-12/h4-5H,1-3,6-8H2,(H,13,14). The third-order valence-electron chi connectivity index (χ3n) is 2.70. The largest absolute Gasteiger partial charge is 0.477 e. The minimum atomic E-state index is -0.815. The first-order valence-electron chi connectivity index (χ1n) is 5.30. The Balaban J connectivity index is 1.94. The van der Waals surface area contributed by atoms with E-state index in [4.69, 9.17) is 5.11 Å². The van der Waals surface area contributed by atoms with Crippen LogP contribution in [0.5, 0.6) is 0 Å². The Morgan fingerprint density at radius 1 is 1.33 bits per heavy atom. The summed E-state index contributed by atoms with van der Waals surface area (Å²) in [4.78, 5) is 14.7. The lowest BCUT2D eigenvalue weighted by molar-refractivity contribution is 0.0702. The highest BCUT2D eigenvalue weighted by atomic mass is 32.1. The summed E-state index contributed by atoms with van der Waals surface area (Å²) in [5.74, 6) is -0.815. The molecule has 2 heterocycles. The molecule has 82 valence electrons. The predicted molar refractivity (Wildman–Crippen MR) is 60.4 cm³/mol. The SMILES string of the molecule is O=C(O)c1ccc(CN2CCCCC2)s1. The predicted octanol–water partition coefficient (Wildman–Crippen LogP) is 2.43. The van der Waals surface area contributed by atoms with E-state index < -0.39 is 5.97 Å². The van der Waals surface area contributed by atoms with Gasteiger partial charge in [0, 0.05) is 11.4 Å². The maximum atomic E-state index is 10.7. The molecule has 15 heavy (non-hydrogen) atoms. The Morgan fingerprint density at radius 2 is 2.07 bits per heavy atom. The molecule has 1 fully saturated rings. The Kier molecular flexibility index (Phi) is 3.38. The molecule has 0 bridgehead atoms. The summed E-state index contributed by atoms with van der Waals surface area (Å²) >= 11 is 1.39. The van der Waals surface area contributed by atoms with Crippen molar-refractivity contribution in [2.45, 2.75) is 25.8 Å². The van der Waals surface area contributed by atoms with E-state index in [1.54, 1.807) is 6.07 Å². The molecule has 0 spiro atoms. The van der Waals surface area contributed by atoms with Crippen molar-refractivity contribution in [1.29, 1.82) is 0 Å². The number of hydrogen-bond donors (Lipinski definition) is 1. The van der Waals surface area contributed by atoms with Crippen LogP contribution >= 0.6 is 11.3 Å². The van der Waals surface area contributed by atoms with Gasteiger partial charge in [-0.05, 0) is 38.1 Å². The topological polar surface area (TPSA) is 40.5 Å². The number of thiophene rings is 1. The summed E-state index contributed by atoms with van der Waals surface area (Å²) in [5.41, 5.74) is 0. The van der Waals surface area contributed by atoms with Crippen LogP contribution < -0.4 is 0 Å². The summed E-state index contributed by atoms with van der Waals surface area (Å²) in [7, 11) is 0. The number of piperidine rings is 1. The lowest BCUT2D eigenvalue weighted by atomic mass is 10.1. The third kappa shape index (κ3) is 2.79. The van der Waals surface area contributed by atoms with Gasteiger partial charge in [-0.1, -0.05) is 6.42 Å². The fraction of sp³-hybridized carbons (Fsp3) is 0.545. The van der Waals surface area contributed by atoms with Gasteiger partial charge in [0.1, 0.15) is 4.88 Å². The number of likely N-dealkylation sites (tertiary alicyclic amines) is 1. The van der Waals surface area contributed by atoms with Crippen LogP contribution in [0, 0.1) is 0 Å². The van der Waals surface area contributed by atoms with Crippen molar-refractivity contribution in [1.82, 2.24) is 4.90 Å². The van der Waals surface area contributed by atoms with Gasteiger partial charge in [-0.25, -0.2) is 4.79 Å². The summed E-state index contributed by atoms with van der Waals surface area (Å²) in [6, 6.07) is 3.63. The van der Waals surface area contributed by atoms with E-state index in [2.05, 4.69) is 4.90 Å². The Morgan fingerprint density at radius 3 is 2.67 bits per heavy atom. The normalized spacial score (nSPS) is 17.9. The fourth-order valence-electron chi connectivity index (χ4n) is 1.92. The summed E-state index contributed by atoms with van der Waals surface area (Å²) < 4.78 is 0. The van der Waals surface area contributed by atoms with Crippen LogP contribution in [0.2, 0.25) is 0 Å². The molecule has 2 rings (SSSR count). The molecule has 0 amide bonds. The van der Waals surface area contributed by atoms with Crippen molar-refractivity contribution in [2.24, 2.45) is 0 Å². The van der Waals surface area contributed by atoms with E-state index in [1.165, 1.54) is 30.6 Å². The molecule has 0 aromatic carbocycles. The summed E-state index contributed by atoms with van der Waals surface area (Å²) in [6.07, 6.45) is 3.88. The first-order valence-corrected chi connectivity index (χ1v) is 6.12. The maximum Gasteiger partial charge on any atom is 0.345 e. The van der Waals surface area contributed by atoms with E-state index >= 15 is 0 Å². The van der Waals surface area contributed by atoms with Crippen molar-refractivity contribution in [3.8, 4) is 0 Å². The number of carboxylic acid groups (broad SMARTS) is 1. The van der Waals surface area contributed by atoms with Gasteiger partial charge in [-0.3, -0.25) is 4.90 Å². The van der Waals surface area contributed by atoms with Crippen molar-refractivity contribution < 1.29 is 9.90 Å². The van der Waals surface area contributed by atoms with Crippen LogP contribution in [-0.2, 0) is 6.54 Å². The zero-order chi connectivity index (χ0) is 10.7. The molecule has 1 aromatic heterocycles. The highest BCUT2D eigenvalue weighted by Gasteiger charge is 2.13. The second kappa shape index (κ2) is 4.77. The quantitative estimate of drug-likeness (QED) is 0.859. The van der Waals surface area contributed by atoms with Crippen LogP contribution in [0.25, 0.3) is 0 Å². The molecule has 0 saturated carbocycles. The molecular formula is C11H15NO2S. The van der Waals surface area contributed by atoms with Crippen LogP contribution in [0.4, 0.5) is 0 Å². The van der Waals surface area contributed by atoms with Gasteiger partial charge in [-0.2, -0.15) is 0 Å². The first kappa shape index (κ1) is 10.6. The van der Waals surface area contributed by atoms with E-state index in [0.717, 1.165) is 24.5 Å². The summed E-state index contributed by atoms with van der Waals surface area (Å²) in [5, 5.41) is 8.80. The van der Waals surface area contributed by atoms with Gasteiger partial charge >= 0.3 is 5.97 Å². The number of carboxylic acids is 1. The molecule has 1 N–H and O–H groups in total. The van der Waals surface area contributed by atoms with Crippen molar-refractivity contribution in [3.63, 3.8) is 0 Å². The number of rotatable bonds is 3. The molecule has 4 heteroatoms. The molecule has 0 aliphatic carbocycles. The van der Waals surface area contributed by atoms with Crippen LogP contribution in [0.15, 0.2) is 12.1 Å². The van der Waals surface area contributed by atoms with E-state index in [0.29, 0.717) is 4.88 Å². The van der Waals surface area contributed by atoms with Crippen molar-refractivity contribution in [3.05, 3.63) is 21.9 Å². The molecule has 1 aromatic rings. The molecule has 0 unspecified atom stereocenters. The van der Waals surface area contributed by atoms with Gasteiger partial charge < -0.3 is 5.11 Å². The smallest absolute Gasteiger partial charge is 0.345 e. The number of nitrogens with zero attached hydrogens (tertiary/aromatic N) is 1. The Bertz CT molecular complexity index is 342. The monoisotopic (exact) mass is 225 g/mol. The minimum Gasteiger partial charge on any atom is -0.477 e. The lowest BCUT2D eigenvalue weighted by Crippen LogP contribution is -2.28. The third-order valence-corrected chi connectivity index (χ3v) is 3.76. The zero-order valence-corrected chi connectivity index (χ0v) is 9.42. The first-order chi connectivity index (χ1) is 7.25. The zero-order valence-electron chi connectivity index (χ0n) is 8.61. The van der Waals surface area contributed by atoms with Crippen LogP contribution in [0.1, 0.15) is 33.8 Å². The highest BCUT2D eigenvalue weighted by molar-refractivity contribution is 7.13. The second-order valence-corrected chi connectivity index (χ2v) is 5.08. The van der Waals surface area contributed by atoms with Gasteiger partial charge in [0.05, 0.1) is 0 Å². The van der Waals surface area contributed by atoms with Crippen molar-refractivity contribution in [2.75, 3.05) is 13.1 Å². The summed E-state index contributed by atoms with van der Waals surface area (Å²) in [6.45, 7) is 3.22. The van der Waals surface area contributed by atoms with Gasteiger partial charge in [0.2, 0.25) is 0 Å². The van der Waals surface area contributed by atoms with E-state index in [1.807, 2.05) is 6.07 Å². The number of aromatic carboxylic acids is 1. The highest BCUT2D eigenvalue weighted by Crippen LogP contribution is 2.20. The molecular weight excluding hydrogens is 210 g/mol. The molecule has 1 saturated heterocycles. The fourth-order valence-corrected chi connectivity index (χ4v) is 2.80. The van der Waals surface area contributed by atoms with E-state index in [9.17, 15) is 4.79 Å². The molecule has 1 aliphatic heterocycles. The van der Waals surface area contributed by atoms with Gasteiger partial charge in [-0.15, -0.1) is 11.3 Å². The van der Waals surface area contributed by atoms with Gasteiger partial charge in [0.25, 0.3) is 0 Å². The maximum absolute atomic E-state index is 10.7. The lowest BCUT2D eigenvalue weighted by Gasteiger charge is -2.25. The van der Waals surface area contributed by atoms with Crippen molar-refractivity contribution >= 4 is 17.3 Å². The van der Waals surface area contributed by atoms with Crippen LogP contribution in [0.3, 0.4) is 0 Å². The molecule has 1 aliphatic rings. The number of carbonyl (C=O) groups is 1. The van der Waals surface area contributed by atoms with Crippen LogP contribution in [-0.4, -0.2) is 29.1 Å². The second-order valence-electron chi connectivity index (χ2n) is 3.91. The average Bonchev–Trinajstić information content (AvgIpc) is 2.68. The number of hydrogen-bond acceptors (Lipinski definition) is 3. The molecule has 0 radical (unpaired) electrons. The molecule has 3 nitrogen and oxygen atoms in total. The van der Waals surface area contributed by atoms with E-state index in [-0.39, 0.29) is 0 Å².